The minimum Gasteiger partial charge on any atom is -0.391 e. The molecule has 3 rings (SSSR count). The molecule has 0 saturated heterocycles. The zero-order valence-corrected chi connectivity index (χ0v) is 14.9. The summed E-state index contributed by atoms with van der Waals surface area (Å²) >= 11 is 5.94. The third-order valence-corrected chi connectivity index (χ3v) is 4.47. The molecule has 6 heteroatoms. The molecule has 1 heterocycles. The minimum absolute atomic E-state index is 0.0561. The van der Waals surface area contributed by atoms with E-state index in [1.165, 1.54) is 0 Å². The Morgan fingerprint density at radius 2 is 2.08 bits per heavy atom. The van der Waals surface area contributed by atoms with Gasteiger partial charge < -0.3 is 15.2 Å². The molecule has 1 fully saturated rings. The Bertz CT molecular complexity index is 822. The second-order valence-corrected chi connectivity index (χ2v) is 6.70. The van der Waals surface area contributed by atoms with Gasteiger partial charge in [-0.2, -0.15) is 0 Å². The highest BCUT2D eigenvalue weighted by atomic mass is 35.5. The quantitative estimate of drug-likeness (QED) is 0.793. The second-order valence-electron chi connectivity index (χ2n) is 6.27. The number of pyridine rings is 1. The second kappa shape index (κ2) is 8.22. The van der Waals surface area contributed by atoms with Crippen LogP contribution in [0, 0.1) is 11.8 Å². The van der Waals surface area contributed by atoms with Gasteiger partial charge in [-0.05, 0) is 49.9 Å². The van der Waals surface area contributed by atoms with E-state index in [2.05, 4.69) is 22.1 Å². The fraction of sp³-hybridized carbons (Fsp3) is 0.300. The van der Waals surface area contributed by atoms with E-state index >= 15 is 0 Å². The number of carbonyl (C=O) groups excluding carboxylic acids is 1. The van der Waals surface area contributed by atoms with Crippen LogP contribution < -0.4 is 10.1 Å². The Hall–Kier alpha value is -2.55. The number of carbonyl (C=O) groups is 1. The van der Waals surface area contributed by atoms with Gasteiger partial charge in [0.15, 0.2) is 0 Å². The van der Waals surface area contributed by atoms with Gasteiger partial charge in [-0.3, -0.25) is 0 Å². The fourth-order valence-corrected chi connectivity index (χ4v) is 3.01. The van der Waals surface area contributed by atoms with Crippen molar-refractivity contribution < 1.29 is 14.6 Å². The molecule has 2 N–H and O–H groups in total. The zero-order chi connectivity index (χ0) is 18.4. The number of aromatic nitrogens is 1. The average molecular weight is 371 g/mol. The van der Waals surface area contributed by atoms with Crippen molar-refractivity contribution >= 4 is 17.7 Å². The summed E-state index contributed by atoms with van der Waals surface area (Å²) in [5.74, 6) is 6.18. The lowest BCUT2D eigenvalue weighted by molar-refractivity contribution is 0.0511. The molecule has 0 spiro atoms. The minimum atomic E-state index is -1.05. The topological polar surface area (TPSA) is 71.5 Å². The van der Waals surface area contributed by atoms with Crippen LogP contribution in [0.2, 0.25) is 5.02 Å². The summed E-state index contributed by atoms with van der Waals surface area (Å²) < 4.78 is 5.12. The largest absolute Gasteiger partial charge is 0.414 e. The molecular weight excluding hydrogens is 352 g/mol. The Labute approximate surface area is 157 Å². The molecule has 26 heavy (non-hydrogen) atoms. The monoisotopic (exact) mass is 370 g/mol. The van der Waals surface area contributed by atoms with Gasteiger partial charge >= 0.3 is 6.09 Å². The average Bonchev–Trinajstić information content (AvgIpc) is 2.63. The van der Waals surface area contributed by atoms with Gasteiger partial charge in [-0.25, -0.2) is 9.78 Å². The molecule has 1 aliphatic carbocycles. The van der Waals surface area contributed by atoms with Gasteiger partial charge in [-0.15, -0.1) is 0 Å². The van der Waals surface area contributed by atoms with E-state index in [9.17, 15) is 9.90 Å². The van der Waals surface area contributed by atoms with E-state index in [0.717, 1.165) is 5.56 Å². The normalized spacial score (nSPS) is 22.0. The molecule has 2 aromatic rings. The van der Waals surface area contributed by atoms with E-state index in [4.69, 9.17) is 16.3 Å². The molecule has 134 valence electrons. The molecule has 0 unspecified atom stereocenters. The van der Waals surface area contributed by atoms with Crippen molar-refractivity contribution in [1.82, 2.24) is 10.3 Å². The summed E-state index contributed by atoms with van der Waals surface area (Å²) in [4.78, 5) is 15.9. The van der Waals surface area contributed by atoms with Crippen LogP contribution in [0.25, 0.3) is 0 Å². The van der Waals surface area contributed by atoms with Crippen molar-refractivity contribution in [2.45, 2.75) is 37.3 Å². The number of nitrogens with one attached hydrogen (secondary N) is 1. The van der Waals surface area contributed by atoms with Gasteiger partial charge in [-0.1, -0.05) is 35.6 Å². The number of benzene rings is 1. The molecule has 1 aliphatic rings. The van der Waals surface area contributed by atoms with Crippen LogP contribution in [0.15, 0.2) is 48.7 Å². The van der Waals surface area contributed by atoms with E-state index in [0.29, 0.717) is 30.7 Å². The van der Waals surface area contributed by atoms with E-state index in [1.807, 2.05) is 12.1 Å². The van der Waals surface area contributed by atoms with Crippen LogP contribution in [-0.4, -0.2) is 27.8 Å². The highest BCUT2D eigenvalue weighted by molar-refractivity contribution is 6.30. The van der Waals surface area contributed by atoms with Crippen molar-refractivity contribution in [1.29, 1.82) is 0 Å². The first kappa shape index (κ1) is 18.2. The third kappa shape index (κ3) is 5.22. The molecule has 1 aromatic heterocycles. The maximum Gasteiger partial charge on any atom is 0.414 e. The van der Waals surface area contributed by atoms with E-state index in [1.54, 1.807) is 36.5 Å². The van der Waals surface area contributed by atoms with Crippen molar-refractivity contribution in [2.75, 3.05) is 0 Å². The zero-order valence-electron chi connectivity index (χ0n) is 14.1. The molecule has 5 nitrogen and oxygen atoms in total. The first-order valence-corrected chi connectivity index (χ1v) is 8.81. The lowest BCUT2D eigenvalue weighted by Crippen LogP contribution is -2.43. The van der Waals surface area contributed by atoms with Gasteiger partial charge in [0.2, 0.25) is 5.88 Å². The van der Waals surface area contributed by atoms with Crippen LogP contribution >= 0.6 is 11.6 Å². The Balaban J connectivity index is 1.51. The smallest absolute Gasteiger partial charge is 0.391 e. The predicted octanol–water partition coefficient (Wildman–Crippen LogP) is 3.55. The standard InChI is InChI=1S/C20H19ClN2O3/c21-16-5-3-4-15(14-16)7-10-20(25)11-8-17(9-12-20)23-19(24)26-18-6-1-2-13-22-18/h1-6,13-14,17,25H,8-9,11-12H2,(H,23,24)/t17-,20-. The Morgan fingerprint density at radius 3 is 2.77 bits per heavy atom. The predicted molar refractivity (Wildman–Crippen MR) is 98.9 cm³/mol. The number of amides is 1. The van der Waals surface area contributed by atoms with Crippen LogP contribution in [0.3, 0.4) is 0 Å². The number of hydrogen-bond donors (Lipinski definition) is 2. The maximum absolute atomic E-state index is 11.9. The molecule has 0 atom stereocenters. The van der Waals surface area contributed by atoms with E-state index < -0.39 is 11.7 Å². The maximum atomic E-state index is 11.9. The van der Waals surface area contributed by atoms with E-state index in [-0.39, 0.29) is 11.9 Å². The van der Waals surface area contributed by atoms with Crippen molar-refractivity contribution in [3.63, 3.8) is 0 Å². The Kier molecular flexibility index (Phi) is 5.77. The number of nitrogens with zero attached hydrogens (tertiary/aromatic N) is 1. The Morgan fingerprint density at radius 1 is 1.27 bits per heavy atom. The van der Waals surface area contributed by atoms with Gasteiger partial charge in [0, 0.05) is 28.9 Å². The first-order valence-electron chi connectivity index (χ1n) is 8.43. The van der Waals surface area contributed by atoms with Crippen LogP contribution in [0.4, 0.5) is 4.79 Å². The fourth-order valence-electron chi connectivity index (χ4n) is 2.82. The highest BCUT2D eigenvalue weighted by Crippen LogP contribution is 2.28. The molecular formula is C20H19ClN2O3. The first-order chi connectivity index (χ1) is 12.5. The van der Waals surface area contributed by atoms with Crippen molar-refractivity contribution in [3.8, 4) is 17.7 Å². The van der Waals surface area contributed by atoms with Crippen LogP contribution in [-0.2, 0) is 0 Å². The number of aliphatic hydroxyl groups is 1. The lowest BCUT2D eigenvalue weighted by Gasteiger charge is -2.32. The number of halogens is 1. The summed E-state index contributed by atoms with van der Waals surface area (Å²) in [7, 11) is 0. The van der Waals surface area contributed by atoms with Crippen molar-refractivity contribution in [2.24, 2.45) is 0 Å². The van der Waals surface area contributed by atoms with Crippen LogP contribution in [0.1, 0.15) is 31.2 Å². The summed E-state index contributed by atoms with van der Waals surface area (Å²) in [6, 6.07) is 12.3. The SMILES string of the molecule is O=C(N[C@H]1CC[C@@](O)(C#Cc2cccc(Cl)c2)CC1)Oc1ccccn1. The molecule has 0 aliphatic heterocycles. The van der Waals surface area contributed by atoms with Gasteiger partial charge in [0.05, 0.1) is 0 Å². The van der Waals surface area contributed by atoms with Crippen molar-refractivity contribution in [3.05, 3.63) is 59.2 Å². The molecule has 1 saturated carbocycles. The number of rotatable bonds is 2. The van der Waals surface area contributed by atoms with Crippen LogP contribution in [0.5, 0.6) is 5.88 Å². The summed E-state index contributed by atoms with van der Waals surface area (Å²) in [6.45, 7) is 0. The number of ether oxygens (including phenoxy) is 1. The molecule has 0 bridgehead atoms. The van der Waals surface area contributed by atoms with Gasteiger partial charge in [0.25, 0.3) is 0 Å². The summed E-state index contributed by atoms with van der Waals surface area (Å²) in [5.41, 5.74) is -0.282. The molecule has 1 aromatic carbocycles. The lowest BCUT2D eigenvalue weighted by atomic mass is 9.82. The van der Waals surface area contributed by atoms with Gasteiger partial charge in [0.1, 0.15) is 5.60 Å². The summed E-state index contributed by atoms with van der Waals surface area (Å²) in [5, 5.41) is 14.1. The highest BCUT2D eigenvalue weighted by Gasteiger charge is 2.32. The molecule has 1 amide bonds. The summed E-state index contributed by atoms with van der Waals surface area (Å²) in [6.07, 6.45) is 3.23. The number of hydrogen-bond acceptors (Lipinski definition) is 4. The third-order valence-electron chi connectivity index (χ3n) is 4.23. The molecule has 0 radical (unpaired) electrons.